The SMILES string of the molecule is COc1ccccc1N1CCN(CC(=O)N(C)Cc2ccc(Cl)c(Cl)c2)CC1. The average Bonchev–Trinajstić information content (AvgIpc) is 2.71. The second kappa shape index (κ2) is 9.50. The predicted molar refractivity (Wildman–Crippen MR) is 115 cm³/mol. The van der Waals surface area contributed by atoms with Gasteiger partial charge in [0.25, 0.3) is 0 Å². The van der Waals surface area contributed by atoms with Gasteiger partial charge >= 0.3 is 0 Å². The van der Waals surface area contributed by atoms with E-state index in [0.717, 1.165) is 43.2 Å². The van der Waals surface area contributed by atoms with E-state index in [9.17, 15) is 4.79 Å². The van der Waals surface area contributed by atoms with Gasteiger partial charge in [0, 0.05) is 39.8 Å². The van der Waals surface area contributed by atoms with Crippen molar-refractivity contribution in [2.45, 2.75) is 6.54 Å². The number of ether oxygens (including phenoxy) is 1. The first-order chi connectivity index (χ1) is 13.5. The summed E-state index contributed by atoms with van der Waals surface area (Å²) in [5.74, 6) is 0.977. The van der Waals surface area contributed by atoms with Crippen molar-refractivity contribution < 1.29 is 9.53 Å². The number of piperazine rings is 1. The lowest BCUT2D eigenvalue weighted by atomic mass is 10.2. The van der Waals surface area contributed by atoms with Crippen LogP contribution in [0.5, 0.6) is 5.75 Å². The minimum Gasteiger partial charge on any atom is -0.495 e. The third kappa shape index (κ3) is 5.10. The summed E-state index contributed by atoms with van der Waals surface area (Å²) in [4.78, 5) is 18.8. The standard InChI is InChI=1S/C21H25Cl2N3O2/c1-24(14-16-7-8-17(22)18(23)13-16)21(27)15-25-9-11-26(12-10-25)19-5-3-4-6-20(19)28-2/h3-8,13H,9-12,14-15H2,1-2H3. The van der Waals surface area contributed by atoms with Crippen molar-refractivity contribution in [1.29, 1.82) is 0 Å². The van der Waals surface area contributed by atoms with E-state index in [0.29, 0.717) is 23.1 Å². The zero-order valence-corrected chi connectivity index (χ0v) is 17.7. The molecular formula is C21H25Cl2N3O2. The number of halogens is 2. The molecule has 0 bridgehead atoms. The first-order valence-electron chi connectivity index (χ1n) is 9.26. The minimum atomic E-state index is 0.0943. The number of carbonyl (C=O) groups is 1. The highest BCUT2D eigenvalue weighted by Gasteiger charge is 2.22. The van der Waals surface area contributed by atoms with E-state index in [1.807, 2.05) is 31.3 Å². The van der Waals surface area contributed by atoms with Crippen LogP contribution < -0.4 is 9.64 Å². The van der Waals surface area contributed by atoms with Crippen LogP contribution in [0.25, 0.3) is 0 Å². The number of methoxy groups -OCH3 is 1. The number of hydrogen-bond acceptors (Lipinski definition) is 4. The maximum absolute atomic E-state index is 12.6. The zero-order valence-electron chi connectivity index (χ0n) is 16.2. The normalized spacial score (nSPS) is 14.8. The molecule has 3 rings (SSSR count). The first kappa shape index (κ1) is 20.8. The van der Waals surface area contributed by atoms with Gasteiger partial charge in [-0.15, -0.1) is 0 Å². The second-order valence-corrected chi connectivity index (χ2v) is 7.75. The number of anilines is 1. The van der Waals surface area contributed by atoms with Crippen LogP contribution in [0.1, 0.15) is 5.56 Å². The van der Waals surface area contributed by atoms with Crippen LogP contribution in [-0.2, 0) is 11.3 Å². The number of amides is 1. The molecule has 0 saturated carbocycles. The fourth-order valence-electron chi connectivity index (χ4n) is 3.35. The van der Waals surface area contributed by atoms with E-state index in [1.165, 1.54) is 0 Å². The lowest BCUT2D eigenvalue weighted by molar-refractivity contribution is -0.131. The van der Waals surface area contributed by atoms with Gasteiger partial charge in [-0.2, -0.15) is 0 Å². The van der Waals surface area contributed by atoms with Crippen LogP contribution in [0.15, 0.2) is 42.5 Å². The zero-order chi connectivity index (χ0) is 20.1. The van der Waals surface area contributed by atoms with Crippen molar-refractivity contribution >= 4 is 34.8 Å². The molecule has 1 saturated heterocycles. The molecule has 1 amide bonds. The van der Waals surface area contributed by atoms with Crippen LogP contribution in [-0.4, -0.2) is 62.6 Å². The maximum atomic E-state index is 12.6. The Morgan fingerprint density at radius 3 is 2.46 bits per heavy atom. The summed E-state index contributed by atoms with van der Waals surface area (Å²) >= 11 is 12.0. The summed E-state index contributed by atoms with van der Waals surface area (Å²) in [5, 5.41) is 1.03. The predicted octanol–water partition coefficient (Wildman–Crippen LogP) is 3.78. The maximum Gasteiger partial charge on any atom is 0.236 e. The quantitative estimate of drug-likeness (QED) is 0.710. The van der Waals surface area contributed by atoms with Crippen molar-refractivity contribution in [2.75, 3.05) is 51.8 Å². The third-order valence-corrected chi connectivity index (χ3v) is 5.73. The Balaban J connectivity index is 1.51. The molecule has 2 aromatic rings. The van der Waals surface area contributed by atoms with Crippen LogP contribution in [0.4, 0.5) is 5.69 Å². The fraction of sp³-hybridized carbons (Fsp3) is 0.381. The number of nitrogens with zero attached hydrogens (tertiary/aromatic N) is 3. The Morgan fingerprint density at radius 1 is 1.07 bits per heavy atom. The third-order valence-electron chi connectivity index (χ3n) is 4.99. The smallest absolute Gasteiger partial charge is 0.236 e. The number of benzene rings is 2. The van der Waals surface area contributed by atoms with Gasteiger partial charge in [0.05, 0.1) is 29.4 Å². The van der Waals surface area contributed by atoms with Crippen molar-refractivity contribution in [3.8, 4) is 5.75 Å². The molecule has 150 valence electrons. The van der Waals surface area contributed by atoms with E-state index < -0.39 is 0 Å². The van der Waals surface area contributed by atoms with Gasteiger partial charge in [0.15, 0.2) is 0 Å². The van der Waals surface area contributed by atoms with Crippen molar-refractivity contribution in [2.24, 2.45) is 0 Å². The van der Waals surface area contributed by atoms with E-state index in [4.69, 9.17) is 27.9 Å². The average molecular weight is 422 g/mol. The summed E-state index contributed by atoms with van der Waals surface area (Å²) in [6.45, 7) is 4.33. The molecule has 28 heavy (non-hydrogen) atoms. The fourth-order valence-corrected chi connectivity index (χ4v) is 3.67. The lowest BCUT2D eigenvalue weighted by Crippen LogP contribution is -2.49. The molecule has 1 aliphatic rings. The van der Waals surface area contributed by atoms with Crippen LogP contribution >= 0.6 is 23.2 Å². The number of likely N-dealkylation sites (N-methyl/N-ethyl adjacent to an activating group) is 1. The molecule has 1 fully saturated rings. The largest absolute Gasteiger partial charge is 0.495 e. The Hall–Kier alpha value is -1.95. The number of hydrogen-bond donors (Lipinski definition) is 0. The molecular weight excluding hydrogens is 397 g/mol. The molecule has 0 spiro atoms. The number of rotatable bonds is 6. The number of para-hydroxylation sites is 2. The Morgan fingerprint density at radius 2 is 1.79 bits per heavy atom. The highest BCUT2D eigenvalue weighted by Crippen LogP contribution is 2.28. The molecule has 1 aliphatic heterocycles. The van der Waals surface area contributed by atoms with Gasteiger partial charge in [-0.25, -0.2) is 0 Å². The van der Waals surface area contributed by atoms with E-state index in [-0.39, 0.29) is 5.91 Å². The molecule has 2 aromatic carbocycles. The topological polar surface area (TPSA) is 36.0 Å². The van der Waals surface area contributed by atoms with E-state index in [2.05, 4.69) is 15.9 Å². The van der Waals surface area contributed by atoms with Gasteiger partial charge in [0.1, 0.15) is 5.75 Å². The van der Waals surface area contributed by atoms with Crippen molar-refractivity contribution in [3.63, 3.8) is 0 Å². The molecule has 0 unspecified atom stereocenters. The van der Waals surface area contributed by atoms with Gasteiger partial charge in [-0.3, -0.25) is 9.69 Å². The summed E-state index contributed by atoms with van der Waals surface area (Å²) in [6, 6.07) is 13.5. The van der Waals surface area contributed by atoms with Crippen LogP contribution in [0, 0.1) is 0 Å². The van der Waals surface area contributed by atoms with Gasteiger partial charge in [-0.1, -0.05) is 41.4 Å². The van der Waals surface area contributed by atoms with Gasteiger partial charge in [-0.05, 0) is 29.8 Å². The van der Waals surface area contributed by atoms with Crippen molar-refractivity contribution in [1.82, 2.24) is 9.80 Å². The van der Waals surface area contributed by atoms with Crippen molar-refractivity contribution in [3.05, 3.63) is 58.1 Å². The molecule has 7 heteroatoms. The Bertz CT molecular complexity index is 823. The monoisotopic (exact) mass is 421 g/mol. The van der Waals surface area contributed by atoms with Gasteiger partial charge in [0.2, 0.25) is 5.91 Å². The Kier molecular flexibility index (Phi) is 7.05. The molecule has 0 radical (unpaired) electrons. The minimum absolute atomic E-state index is 0.0943. The summed E-state index contributed by atoms with van der Waals surface area (Å²) in [7, 11) is 3.51. The molecule has 0 aromatic heterocycles. The lowest BCUT2D eigenvalue weighted by Gasteiger charge is -2.36. The molecule has 0 N–H and O–H groups in total. The first-order valence-corrected chi connectivity index (χ1v) is 10.0. The van der Waals surface area contributed by atoms with E-state index >= 15 is 0 Å². The summed E-state index contributed by atoms with van der Waals surface area (Å²) < 4.78 is 5.46. The second-order valence-electron chi connectivity index (χ2n) is 6.93. The molecule has 1 heterocycles. The number of carbonyl (C=O) groups excluding carboxylic acids is 1. The molecule has 5 nitrogen and oxygen atoms in total. The highest BCUT2D eigenvalue weighted by atomic mass is 35.5. The van der Waals surface area contributed by atoms with Crippen LogP contribution in [0.3, 0.4) is 0 Å². The summed E-state index contributed by atoms with van der Waals surface area (Å²) in [6.07, 6.45) is 0. The Labute approximate surface area is 176 Å². The van der Waals surface area contributed by atoms with Gasteiger partial charge < -0.3 is 14.5 Å². The van der Waals surface area contributed by atoms with E-state index in [1.54, 1.807) is 24.1 Å². The molecule has 0 atom stereocenters. The highest BCUT2D eigenvalue weighted by molar-refractivity contribution is 6.42. The van der Waals surface area contributed by atoms with Crippen LogP contribution in [0.2, 0.25) is 10.0 Å². The summed E-state index contributed by atoms with van der Waals surface area (Å²) in [5.41, 5.74) is 2.07. The molecule has 0 aliphatic carbocycles.